The molecule has 9 rings (SSSR count). The van der Waals surface area contributed by atoms with Gasteiger partial charge in [-0.25, -0.2) is 32.9 Å². The summed E-state index contributed by atoms with van der Waals surface area (Å²) in [5.74, 6) is 13.3. The number of aromatic nitrogens is 3. The number of ether oxygens (including phenoxy) is 7. The number of fused-ring (bicyclic) bond motifs is 3. The normalized spacial score (nSPS) is 19.8. The number of primary amides is 3. The molecular formula is C77H94F3N11O14. The first-order valence-corrected chi connectivity index (χ1v) is 34.2. The molecule has 9 N–H and O–H groups in total. The predicted octanol–water partition coefficient (Wildman–Crippen LogP) is 7.61. The maximum atomic E-state index is 14.2. The van der Waals surface area contributed by atoms with Crippen LogP contribution in [-0.4, -0.2) is 188 Å². The van der Waals surface area contributed by atoms with Crippen molar-refractivity contribution in [3.05, 3.63) is 88.4 Å². The van der Waals surface area contributed by atoms with Gasteiger partial charge in [0.2, 0.25) is 17.6 Å². The molecular weight excluding hydrogens is 1360 g/mol. The van der Waals surface area contributed by atoms with Gasteiger partial charge in [0, 0.05) is 74.6 Å². The molecule has 3 aliphatic rings. The molecule has 3 aromatic carbocycles. The predicted molar refractivity (Wildman–Crippen MR) is 390 cm³/mol. The summed E-state index contributed by atoms with van der Waals surface area (Å²) in [7, 11) is 10.6. The van der Waals surface area contributed by atoms with Crippen molar-refractivity contribution in [1.82, 2.24) is 40.7 Å². The molecule has 105 heavy (non-hydrogen) atoms. The molecule has 0 spiro atoms. The number of carbonyl (C=O) groups excluding carboxylic acids is 7. The van der Waals surface area contributed by atoms with E-state index in [1.165, 1.54) is 32.5 Å². The van der Waals surface area contributed by atoms with Gasteiger partial charge in [-0.1, -0.05) is 50.4 Å². The molecule has 0 unspecified atom stereocenters. The van der Waals surface area contributed by atoms with Gasteiger partial charge in [-0.15, -0.1) is 0 Å². The van der Waals surface area contributed by atoms with Crippen LogP contribution in [0.3, 0.4) is 0 Å². The highest BCUT2D eigenvalue weighted by atomic mass is 19.1. The van der Waals surface area contributed by atoms with Crippen molar-refractivity contribution in [2.45, 2.75) is 162 Å². The Balaban J connectivity index is 0.000000220. The van der Waals surface area contributed by atoms with Crippen LogP contribution in [0.5, 0.6) is 34.9 Å². The van der Waals surface area contributed by atoms with Crippen LogP contribution in [0.15, 0.2) is 55.0 Å². The number of esters is 1. The lowest BCUT2D eigenvalue weighted by Gasteiger charge is -2.26. The van der Waals surface area contributed by atoms with Crippen LogP contribution in [0.1, 0.15) is 150 Å². The number of hydrogen-bond acceptors (Lipinski definition) is 19. The lowest BCUT2D eigenvalue weighted by Crippen LogP contribution is -2.36. The molecule has 6 amide bonds. The Hall–Kier alpha value is -10.6. The highest BCUT2D eigenvalue weighted by Gasteiger charge is 2.44. The Morgan fingerprint density at radius 2 is 0.810 bits per heavy atom. The monoisotopic (exact) mass is 1450 g/mol. The summed E-state index contributed by atoms with van der Waals surface area (Å²) >= 11 is 0. The van der Waals surface area contributed by atoms with Crippen molar-refractivity contribution in [3.8, 4) is 70.4 Å². The standard InChI is InChI=1S/C27H35FN4O4.C25H31FN4O4.C25H28FN3O6/c1-8-17-21(31-25(34)23(17)28)14-35-26-19-12-22(36-15(2)3)20(24(29)33)11-18(19)16(13-30-26)9-10-27(4,5)32(6)7;1-7-15-19(29-23(32)21(15)26)13-34-24-17-11-20(33-6)18(22(27)31)10-16(17)14(12-28-24)8-9-25(2,3)30(4)5;1-6-14-18(29-23(32)21(14)26)12-34-24-16-10-19(33-5)17(22(27)31)9-15(16)13(11-28-24)7-8-20(30)35-25(2,3)4/h11-13,15,17,21,23H,8,14H2,1-7H3,(H2,29,33)(H,31,34);10-12,15,19,21H,7,13H2,1-6H3,(H2,27,31)(H,29,32);9-11,14,18,21H,6,12H2,1-5H3,(H2,27,31)(H,29,32)/t17-,21+,23-;15-,19+,21-;14-,18+,21-/m000/s1. The van der Waals surface area contributed by atoms with Crippen molar-refractivity contribution in [2.75, 3.05) is 62.2 Å². The molecule has 3 saturated heterocycles. The Bertz CT molecular complexity index is 4510. The van der Waals surface area contributed by atoms with Crippen LogP contribution < -0.4 is 61.6 Å². The molecule has 0 saturated carbocycles. The number of benzene rings is 3. The second-order valence-corrected chi connectivity index (χ2v) is 28.1. The molecule has 28 heteroatoms. The summed E-state index contributed by atoms with van der Waals surface area (Å²) in [6, 6.07) is 8.07. The summed E-state index contributed by atoms with van der Waals surface area (Å²) in [6.45, 7) is 22.4. The molecule has 0 aliphatic carbocycles. The zero-order valence-electron chi connectivity index (χ0n) is 62.5. The van der Waals surface area contributed by atoms with E-state index in [0.29, 0.717) is 74.0 Å². The van der Waals surface area contributed by atoms with Gasteiger partial charge in [-0.3, -0.25) is 38.6 Å². The Morgan fingerprint density at radius 3 is 1.09 bits per heavy atom. The third-order valence-corrected chi connectivity index (χ3v) is 18.4. The smallest absolute Gasteiger partial charge is 0.385 e. The molecule has 0 radical (unpaired) electrons. The number of amides is 6. The lowest BCUT2D eigenvalue weighted by atomic mass is 9.97. The van der Waals surface area contributed by atoms with E-state index in [4.69, 9.17) is 50.4 Å². The van der Waals surface area contributed by atoms with Crippen LogP contribution in [-0.2, 0) is 23.9 Å². The quantitative estimate of drug-likeness (QED) is 0.0298. The van der Waals surface area contributed by atoms with Gasteiger partial charge in [-0.2, -0.15) is 0 Å². The van der Waals surface area contributed by atoms with E-state index in [1.807, 2.05) is 93.4 Å². The van der Waals surface area contributed by atoms with Gasteiger partial charge in [0.25, 0.3) is 35.4 Å². The van der Waals surface area contributed by atoms with E-state index in [9.17, 15) is 46.7 Å². The van der Waals surface area contributed by atoms with E-state index in [-0.39, 0.29) is 71.8 Å². The Kier molecular flexibility index (Phi) is 26.7. The average Bonchev–Trinajstić information content (AvgIpc) is 1.70. The summed E-state index contributed by atoms with van der Waals surface area (Å²) in [5, 5.41) is 11.2. The van der Waals surface area contributed by atoms with Gasteiger partial charge < -0.3 is 66.3 Å². The fourth-order valence-corrected chi connectivity index (χ4v) is 11.5. The highest BCUT2D eigenvalue weighted by molar-refractivity contribution is 6.06. The zero-order valence-corrected chi connectivity index (χ0v) is 62.5. The fourth-order valence-electron chi connectivity index (χ4n) is 11.5. The van der Waals surface area contributed by atoms with Crippen LogP contribution in [0.25, 0.3) is 32.3 Å². The maximum Gasteiger partial charge on any atom is 0.385 e. The van der Waals surface area contributed by atoms with Gasteiger partial charge in [0.05, 0.1) is 82.9 Å². The Labute approximate surface area is 609 Å². The molecule has 562 valence electrons. The van der Waals surface area contributed by atoms with E-state index in [0.717, 1.165) is 0 Å². The third kappa shape index (κ3) is 19.6. The number of nitrogens with two attached hydrogens (primary N) is 3. The first kappa shape index (κ1) is 81.7. The van der Waals surface area contributed by atoms with Gasteiger partial charge >= 0.3 is 5.97 Å². The molecule has 3 aromatic heterocycles. The molecule has 25 nitrogen and oxygen atoms in total. The molecule has 6 aromatic rings. The number of alkyl halides is 3. The minimum atomic E-state index is -1.60. The number of halogens is 3. The summed E-state index contributed by atoms with van der Waals surface area (Å²) in [6.07, 6.45) is 1.05. The number of carbonyl (C=O) groups is 7. The third-order valence-electron chi connectivity index (χ3n) is 18.4. The minimum Gasteiger partial charge on any atom is -0.496 e. The summed E-state index contributed by atoms with van der Waals surface area (Å²) < 4.78 is 82.1. The molecule has 0 bridgehead atoms. The number of pyridine rings is 3. The number of hydrogen-bond donors (Lipinski definition) is 6. The first-order valence-electron chi connectivity index (χ1n) is 34.2. The second-order valence-electron chi connectivity index (χ2n) is 28.1. The average molecular weight is 1450 g/mol. The van der Waals surface area contributed by atoms with Crippen molar-refractivity contribution in [3.63, 3.8) is 0 Å². The number of nitrogens with zero attached hydrogens (tertiary/aromatic N) is 5. The highest BCUT2D eigenvalue weighted by Crippen LogP contribution is 2.38. The van der Waals surface area contributed by atoms with Gasteiger partial charge in [0.15, 0.2) is 18.5 Å². The van der Waals surface area contributed by atoms with Crippen LogP contribution in [0, 0.1) is 53.3 Å². The zero-order chi connectivity index (χ0) is 77.9. The van der Waals surface area contributed by atoms with Crippen molar-refractivity contribution >= 4 is 73.7 Å². The van der Waals surface area contributed by atoms with Gasteiger partial charge in [0.1, 0.15) is 42.7 Å². The number of nitrogens with one attached hydrogen (secondary N) is 3. The van der Waals surface area contributed by atoms with Crippen molar-refractivity contribution in [2.24, 2.45) is 35.0 Å². The topological polar surface area (TPSA) is 343 Å². The van der Waals surface area contributed by atoms with E-state index < -0.39 is 112 Å². The molecule has 9 atom stereocenters. The van der Waals surface area contributed by atoms with E-state index in [2.05, 4.69) is 66.4 Å². The first-order chi connectivity index (χ1) is 49.3. The second kappa shape index (κ2) is 34.3. The Morgan fingerprint density at radius 1 is 0.505 bits per heavy atom. The molecule has 3 fully saturated rings. The minimum absolute atomic E-state index is 0.0183. The summed E-state index contributed by atoms with van der Waals surface area (Å²) in [4.78, 5) is 101. The van der Waals surface area contributed by atoms with Crippen LogP contribution in [0.2, 0.25) is 0 Å². The lowest BCUT2D eigenvalue weighted by molar-refractivity contribution is -0.147. The van der Waals surface area contributed by atoms with Crippen molar-refractivity contribution < 1.29 is 79.9 Å². The van der Waals surface area contributed by atoms with Crippen molar-refractivity contribution in [1.29, 1.82) is 0 Å². The molecule has 3 aliphatic heterocycles. The SMILES string of the molecule is CC[C@@H]1[C@H](F)C(=O)N[C@@H]1COc1ncc(C#CC(=O)OC(C)(C)C)c2cc(C(N)=O)c(OC)cc12.CC[C@@H]1[C@H](F)C(=O)N[C@@H]1COc1ncc(C#CC(C)(C)N(C)C)c2cc(C(N)=O)c(OC(C)C)cc12.CC[C@@H]1[C@H](F)C(=O)N[C@@H]1COc1ncc(C#CC(C)(C)N(C)C)c2cc(C(N)=O)c(OC)cc12. The van der Waals surface area contributed by atoms with Crippen LogP contribution >= 0.6 is 0 Å². The van der Waals surface area contributed by atoms with Crippen LogP contribution in [0.4, 0.5) is 13.2 Å². The van der Waals surface area contributed by atoms with Gasteiger partial charge in [-0.05, 0) is 146 Å². The summed E-state index contributed by atoms with van der Waals surface area (Å²) in [5.41, 5.74) is 17.3. The largest absolute Gasteiger partial charge is 0.496 e. The number of rotatable bonds is 21. The molecule has 6 heterocycles. The van der Waals surface area contributed by atoms with E-state index >= 15 is 0 Å². The van der Waals surface area contributed by atoms with E-state index in [1.54, 1.807) is 64.4 Å². The maximum absolute atomic E-state index is 14.2. The fraction of sp³-hybridized carbons (Fsp3) is 0.481. The number of methoxy groups -OCH3 is 2.